The van der Waals surface area contributed by atoms with E-state index in [0.29, 0.717) is 57.9 Å². The van der Waals surface area contributed by atoms with E-state index in [2.05, 4.69) is 36.0 Å². The van der Waals surface area contributed by atoms with Gasteiger partial charge in [0.2, 0.25) is 5.88 Å². The summed E-state index contributed by atoms with van der Waals surface area (Å²) in [7, 11) is 0. The molecule has 0 saturated heterocycles. The molecule has 1 aromatic heterocycles. The highest BCUT2D eigenvalue weighted by atomic mass is 35.5. The van der Waals surface area contributed by atoms with Crippen LogP contribution in [0.25, 0.3) is 10.9 Å². The quantitative estimate of drug-likeness (QED) is 0.278. The zero-order valence-corrected chi connectivity index (χ0v) is 24.7. The number of aliphatic hydroxyl groups is 2. The summed E-state index contributed by atoms with van der Waals surface area (Å²) in [6.45, 7) is 7.19. The molecule has 1 heterocycles. The number of carbonyl (C=O) groups excluding carboxylic acids is 1. The van der Waals surface area contributed by atoms with Crippen molar-refractivity contribution in [3.8, 4) is 5.88 Å². The van der Waals surface area contributed by atoms with E-state index in [1.165, 1.54) is 6.42 Å². The molecule has 7 nitrogen and oxygen atoms in total. The van der Waals surface area contributed by atoms with E-state index < -0.39 is 0 Å². The molecular weight excluding hydrogens is 526 g/mol. The molecule has 0 bridgehead atoms. The zero-order chi connectivity index (χ0) is 28.4. The second-order valence-corrected chi connectivity index (χ2v) is 14.5. The molecule has 4 aliphatic carbocycles. The number of nitrogens with zero attached hydrogens (tertiary/aromatic N) is 2. The van der Waals surface area contributed by atoms with Crippen LogP contribution in [0, 0.1) is 46.3 Å². The molecule has 1 aromatic carbocycles. The highest BCUT2D eigenvalue weighted by molar-refractivity contribution is 6.31. The lowest BCUT2D eigenvalue weighted by Gasteiger charge is -2.62. The summed E-state index contributed by atoms with van der Waals surface area (Å²) in [6, 6.07) is 5.18. The Morgan fingerprint density at radius 3 is 2.65 bits per heavy atom. The first kappa shape index (κ1) is 28.2. The molecular formula is C32H44ClN3O4. The number of halogens is 1. The largest absolute Gasteiger partial charge is 0.493 e. The number of aromatic nitrogens is 1. The Hall–Kier alpha value is -1.96. The summed E-state index contributed by atoms with van der Waals surface area (Å²) in [4.78, 5) is 15.6. The number of hydrogen-bond donors (Lipinski definition) is 4. The van der Waals surface area contributed by atoms with Crippen LogP contribution in [-0.4, -0.2) is 38.4 Å². The molecule has 0 aliphatic heterocycles. The Labute approximate surface area is 241 Å². The van der Waals surface area contributed by atoms with Gasteiger partial charge >= 0.3 is 0 Å². The number of aliphatic hydroxyl groups excluding tert-OH is 2. The van der Waals surface area contributed by atoms with Gasteiger partial charge in [-0.05, 0) is 122 Å². The fourth-order valence-corrected chi connectivity index (χ4v) is 10.3. The van der Waals surface area contributed by atoms with Gasteiger partial charge in [0.15, 0.2) is 5.69 Å². The second kappa shape index (κ2) is 10.4. The van der Waals surface area contributed by atoms with Crippen LogP contribution in [0.2, 0.25) is 5.02 Å². The average molecular weight is 570 g/mol. The fraction of sp³-hybridized carbons (Fsp3) is 0.719. The lowest BCUT2D eigenvalue weighted by atomic mass is 9.43. The number of rotatable bonds is 5. The average Bonchev–Trinajstić information content (AvgIpc) is 3.42. The van der Waals surface area contributed by atoms with Crippen LogP contribution in [0.5, 0.6) is 5.88 Å². The summed E-state index contributed by atoms with van der Waals surface area (Å²) in [6.07, 6.45) is 8.90. The van der Waals surface area contributed by atoms with Crippen LogP contribution < -0.4 is 0 Å². The minimum atomic E-state index is -0.285. The number of hydrogen-bond acceptors (Lipinski definition) is 5. The van der Waals surface area contributed by atoms with E-state index in [4.69, 9.17) is 11.6 Å². The van der Waals surface area contributed by atoms with Crippen LogP contribution in [0.4, 0.5) is 5.69 Å². The van der Waals surface area contributed by atoms with Gasteiger partial charge in [0.25, 0.3) is 5.91 Å². The molecule has 4 fully saturated rings. The maximum atomic E-state index is 12.7. The molecule has 0 spiro atoms. The maximum Gasteiger partial charge on any atom is 0.264 e. The second-order valence-electron chi connectivity index (χ2n) is 14.1. The fourth-order valence-electron chi connectivity index (χ4n) is 10.1. The van der Waals surface area contributed by atoms with Crippen molar-refractivity contribution in [3.05, 3.63) is 23.2 Å². The minimum absolute atomic E-state index is 0.128. The van der Waals surface area contributed by atoms with Crippen LogP contribution in [0.3, 0.4) is 0 Å². The van der Waals surface area contributed by atoms with E-state index in [1.54, 1.807) is 18.2 Å². The molecule has 4 N–H and O–H groups in total. The summed E-state index contributed by atoms with van der Waals surface area (Å²) in [5.74, 6) is 2.32. The Kier molecular flexibility index (Phi) is 7.32. The summed E-state index contributed by atoms with van der Waals surface area (Å²) >= 11 is 6.10. The van der Waals surface area contributed by atoms with Gasteiger partial charge in [-0.2, -0.15) is 0 Å². The van der Waals surface area contributed by atoms with Gasteiger partial charge < -0.3 is 20.3 Å². The smallest absolute Gasteiger partial charge is 0.264 e. The van der Waals surface area contributed by atoms with E-state index in [9.17, 15) is 20.1 Å². The Morgan fingerprint density at radius 2 is 1.85 bits per heavy atom. The van der Waals surface area contributed by atoms with E-state index in [0.717, 1.165) is 51.4 Å². The van der Waals surface area contributed by atoms with Gasteiger partial charge in [0.05, 0.1) is 17.7 Å². The van der Waals surface area contributed by atoms with Crippen molar-refractivity contribution in [1.29, 1.82) is 0 Å². The molecule has 0 radical (unpaired) electrons. The topological polar surface area (TPSA) is 118 Å². The van der Waals surface area contributed by atoms with Crippen LogP contribution in [0.15, 0.2) is 28.4 Å². The number of benzene rings is 1. The minimum Gasteiger partial charge on any atom is -0.493 e. The third kappa shape index (κ3) is 4.60. The normalized spacial score (nSPS) is 40.1. The van der Waals surface area contributed by atoms with Crippen LogP contribution in [-0.2, 0) is 4.79 Å². The van der Waals surface area contributed by atoms with Gasteiger partial charge in [-0.1, -0.05) is 32.4 Å². The molecule has 40 heavy (non-hydrogen) atoms. The van der Waals surface area contributed by atoms with Gasteiger partial charge in [0, 0.05) is 16.8 Å². The standard InChI is InChI=1S/C32H44ClN3O4/c1-17(4-9-27(39)35-36-29-21-16-19(33)5-8-25(21)34-30(29)40)22-6-7-23-28-24(11-13-32(22,23)3)31(2)12-10-20(37)14-18(31)15-26(28)38/h5,8,16-18,20,22-24,26,28,34,37-38,40H,4,6-7,9-15H2,1-3H3/t17-,18-,20+,22-,23+,24+,26-,28+,31+,32-/m1/s1. The SMILES string of the molecule is C[C@H](CCC(=O)N=Nc1c(O)[nH]c2ccc(Cl)cc12)[C@H]1CC[C@H]2[C@@H]3[C@H](O)C[C@H]4C[C@@H](O)CC[C@]4(C)[C@H]3CC[C@]12C. The predicted octanol–water partition coefficient (Wildman–Crippen LogP) is 7.54. The van der Waals surface area contributed by atoms with Gasteiger partial charge in [-0.3, -0.25) is 4.79 Å². The number of aromatic hydroxyl groups is 1. The number of azo groups is 1. The van der Waals surface area contributed by atoms with Crippen molar-refractivity contribution in [1.82, 2.24) is 4.98 Å². The number of H-pyrrole nitrogens is 1. The molecule has 2 aromatic rings. The molecule has 4 aliphatic rings. The summed E-state index contributed by atoms with van der Waals surface area (Å²) < 4.78 is 0. The lowest BCUT2D eigenvalue weighted by Crippen LogP contribution is -2.58. The van der Waals surface area contributed by atoms with Crippen molar-refractivity contribution in [2.75, 3.05) is 0 Å². The molecule has 6 rings (SSSR count). The molecule has 10 atom stereocenters. The number of nitrogens with one attached hydrogen (secondary N) is 1. The molecule has 1 amide bonds. The van der Waals surface area contributed by atoms with Gasteiger partial charge in [-0.15, -0.1) is 10.2 Å². The highest BCUT2D eigenvalue weighted by Crippen LogP contribution is 2.68. The van der Waals surface area contributed by atoms with Crippen LogP contribution in [0.1, 0.15) is 85.0 Å². The Bertz CT molecular complexity index is 1310. The molecule has 218 valence electrons. The van der Waals surface area contributed by atoms with E-state index >= 15 is 0 Å². The number of carbonyl (C=O) groups is 1. The highest BCUT2D eigenvalue weighted by Gasteiger charge is 2.62. The number of amides is 1. The maximum absolute atomic E-state index is 12.7. The number of aromatic amines is 1. The third-order valence-corrected chi connectivity index (χ3v) is 12.4. The van der Waals surface area contributed by atoms with Crippen molar-refractivity contribution in [2.24, 2.45) is 56.6 Å². The monoisotopic (exact) mass is 569 g/mol. The molecule has 0 unspecified atom stereocenters. The predicted molar refractivity (Wildman–Crippen MR) is 156 cm³/mol. The number of fused-ring (bicyclic) bond motifs is 6. The molecule has 8 heteroatoms. The van der Waals surface area contributed by atoms with Gasteiger partial charge in [0.1, 0.15) is 0 Å². The Morgan fingerprint density at radius 1 is 1.10 bits per heavy atom. The van der Waals surface area contributed by atoms with Crippen molar-refractivity contribution >= 4 is 34.1 Å². The van der Waals surface area contributed by atoms with Gasteiger partial charge in [-0.25, -0.2) is 0 Å². The summed E-state index contributed by atoms with van der Waals surface area (Å²) in [5, 5.41) is 41.2. The van der Waals surface area contributed by atoms with E-state index in [1.807, 2.05) is 0 Å². The molecule has 4 saturated carbocycles. The first-order valence-corrected chi connectivity index (χ1v) is 15.7. The zero-order valence-electron chi connectivity index (χ0n) is 23.9. The Balaban J connectivity index is 1.11. The first-order valence-electron chi connectivity index (χ1n) is 15.3. The van der Waals surface area contributed by atoms with Crippen molar-refractivity contribution < 1.29 is 20.1 Å². The van der Waals surface area contributed by atoms with Crippen LogP contribution >= 0.6 is 11.6 Å². The first-order chi connectivity index (χ1) is 19.0. The lowest BCUT2D eigenvalue weighted by molar-refractivity contribution is -0.174. The van der Waals surface area contributed by atoms with Crippen molar-refractivity contribution in [2.45, 2.75) is 97.2 Å². The van der Waals surface area contributed by atoms with Crippen molar-refractivity contribution in [3.63, 3.8) is 0 Å². The van der Waals surface area contributed by atoms with E-state index in [-0.39, 0.29) is 40.5 Å². The summed E-state index contributed by atoms with van der Waals surface area (Å²) in [5.41, 5.74) is 1.33. The third-order valence-electron chi connectivity index (χ3n) is 12.2.